The fraction of sp³-hybridized carbons (Fsp3) is 0.913. The lowest BCUT2D eigenvalue weighted by atomic mass is 9.72. The van der Waals surface area contributed by atoms with Gasteiger partial charge in [0.25, 0.3) is 0 Å². The van der Waals surface area contributed by atoms with E-state index in [9.17, 15) is 19.2 Å². The van der Waals surface area contributed by atoms with E-state index in [-0.39, 0.29) is 49.9 Å². The third-order valence-electron chi connectivity index (χ3n) is 14.7. The summed E-state index contributed by atoms with van der Waals surface area (Å²) in [4.78, 5) is 43.2. The van der Waals surface area contributed by atoms with Gasteiger partial charge in [-0.1, -0.05) is 104 Å². The zero-order valence-corrected chi connectivity index (χ0v) is 37.0. The summed E-state index contributed by atoms with van der Waals surface area (Å²) < 4.78 is 0. The molecular weight excluding hydrogens is 737 g/mol. The Bertz CT molecular complexity index is 1140. The van der Waals surface area contributed by atoms with Gasteiger partial charge in [-0.05, 0) is 112 Å². The van der Waals surface area contributed by atoms with Gasteiger partial charge in [-0.15, -0.1) is 0 Å². The van der Waals surface area contributed by atoms with Gasteiger partial charge in [0.2, 0.25) is 0 Å². The Morgan fingerprint density at radius 2 is 0.793 bits per heavy atom. The van der Waals surface area contributed by atoms with E-state index < -0.39 is 23.9 Å². The van der Waals surface area contributed by atoms with Gasteiger partial charge in [0, 0.05) is 26.2 Å². The van der Waals surface area contributed by atoms with Crippen molar-refractivity contribution in [2.75, 3.05) is 26.2 Å². The smallest absolute Gasteiger partial charge is 0.307 e. The summed E-state index contributed by atoms with van der Waals surface area (Å²) in [7, 11) is 0. The third kappa shape index (κ3) is 21.3. The molecule has 4 rings (SSSR count). The van der Waals surface area contributed by atoms with Crippen LogP contribution in [0.4, 0.5) is 0 Å². The van der Waals surface area contributed by atoms with Crippen LogP contribution in [0.3, 0.4) is 0 Å². The Hall–Kier alpha value is -2.28. The molecule has 12 N–H and O–H groups in total. The van der Waals surface area contributed by atoms with Gasteiger partial charge in [0.15, 0.2) is 0 Å². The zero-order valence-electron chi connectivity index (χ0n) is 37.0. The number of carboxylic acid groups (broad SMARTS) is 4. The molecule has 4 fully saturated rings. The molecule has 12 heteroatoms. The fourth-order valence-electron chi connectivity index (χ4n) is 9.85. The van der Waals surface area contributed by atoms with Gasteiger partial charge >= 0.3 is 23.9 Å². The van der Waals surface area contributed by atoms with E-state index in [0.717, 1.165) is 57.3 Å². The van der Waals surface area contributed by atoms with Crippen LogP contribution in [0.2, 0.25) is 0 Å². The first-order valence-corrected chi connectivity index (χ1v) is 23.2. The Morgan fingerprint density at radius 3 is 1.14 bits per heavy atom. The van der Waals surface area contributed by atoms with E-state index in [2.05, 4.69) is 20.8 Å². The van der Waals surface area contributed by atoms with Crippen LogP contribution in [0, 0.1) is 45.8 Å². The Morgan fingerprint density at radius 1 is 0.483 bits per heavy atom. The number of hydrogen-bond donors (Lipinski definition) is 8. The summed E-state index contributed by atoms with van der Waals surface area (Å²) in [6.07, 6.45) is 31.6. The number of hydrogen-bond acceptors (Lipinski definition) is 8. The van der Waals surface area contributed by atoms with Crippen molar-refractivity contribution in [3.8, 4) is 0 Å². The average Bonchev–Trinajstić information content (AvgIpc) is 3.86. The van der Waals surface area contributed by atoms with E-state index in [4.69, 9.17) is 43.4 Å². The molecule has 4 aliphatic rings. The second-order valence-corrected chi connectivity index (χ2v) is 19.2. The molecule has 340 valence electrons. The van der Waals surface area contributed by atoms with Gasteiger partial charge in [0.05, 0.1) is 23.7 Å². The highest BCUT2D eigenvalue weighted by atomic mass is 16.4. The zero-order chi connectivity index (χ0) is 43.6. The molecule has 0 spiro atoms. The molecule has 0 aromatic carbocycles. The largest absolute Gasteiger partial charge is 0.481 e. The summed E-state index contributed by atoms with van der Waals surface area (Å²) in [6.45, 7) is 7.88. The van der Waals surface area contributed by atoms with Gasteiger partial charge in [-0.25, -0.2) is 0 Å². The normalized spacial score (nSPS) is 21.6. The number of aliphatic carboxylic acids is 4. The Balaban J connectivity index is 0.000000387. The minimum atomic E-state index is -0.742. The maximum Gasteiger partial charge on any atom is 0.307 e. The Kier molecular flexibility index (Phi) is 26.9. The highest BCUT2D eigenvalue weighted by Crippen LogP contribution is 2.45. The number of nitrogens with two attached hydrogens (primary N) is 4. The summed E-state index contributed by atoms with van der Waals surface area (Å²) in [5.41, 5.74) is 22.9. The predicted molar refractivity (Wildman–Crippen MR) is 233 cm³/mol. The van der Waals surface area contributed by atoms with Crippen molar-refractivity contribution in [2.24, 2.45) is 68.8 Å². The van der Waals surface area contributed by atoms with E-state index in [1.165, 1.54) is 122 Å². The molecule has 0 bridgehead atoms. The quantitative estimate of drug-likeness (QED) is 0.0540. The standard InChI is InChI=1S/2C12H23NO2.2C11H21NO2/c1-12(6-3-2-4-7-12)8-5-10(9-13)11(14)15;1-2-12(6-3-4-7-12)8-5-10(9-13)11(14)15;1-11(5-2-3-6-11)7-4-9(8-12)10(13)14;12-8-10(11(13)14)7-6-9-4-2-1-3-5-9/h2*10H,2-9,13H2,1H3,(H,14,15);9H,2-8,12H2,1H3,(H,13,14);9-10H,1-8,12H2,(H,13,14). The van der Waals surface area contributed by atoms with E-state index in [1.807, 2.05) is 0 Å². The molecule has 12 nitrogen and oxygen atoms in total. The Labute approximate surface area is 351 Å². The summed E-state index contributed by atoms with van der Waals surface area (Å²) >= 11 is 0. The van der Waals surface area contributed by atoms with Gasteiger partial charge in [-0.2, -0.15) is 0 Å². The summed E-state index contributed by atoms with van der Waals surface area (Å²) in [5.74, 6) is -3.53. The minimum absolute atomic E-state index is 0.269. The second-order valence-electron chi connectivity index (χ2n) is 19.2. The van der Waals surface area contributed by atoms with Crippen LogP contribution >= 0.6 is 0 Å². The number of rotatable bonds is 21. The van der Waals surface area contributed by atoms with E-state index in [0.29, 0.717) is 16.2 Å². The maximum atomic E-state index is 10.8. The molecular formula is C46H88N4O8. The van der Waals surface area contributed by atoms with E-state index >= 15 is 0 Å². The van der Waals surface area contributed by atoms with Crippen LogP contribution in [0.15, 0.2) is 0 Å². The lowest BCUT2D eigenvalue weighted by molar-refractivity contribution is -0.142. The SMILES string of the molecule is CC1(CCC(CN)C(=O)O)CCCC1.CC1(CCC(CN)C(=O)O)CCCCC1.CCC1(CCC(CN)C(=O)O)CCCC1.NCC(CCC1CCCCC1)C(=O)O. The second kappa shape index (κ2) is 29.1. The lowest BCUT2D eigenvalue weighted by Crippen LogP contribution is -2.27. The fourth-order valence-corrected chi connectivity index (χ4v) is 9.85. The van der Waals surface area contributed by atoms with Crippen molar-refractivity contribution < 1.29 is 39.6 Å². The van der Waals surface area contributed by atoms with Gasteiger partial charge in [-0.3, -0.25) is 19.2 Å². The summed E-state index contributed by atoms with van der Waals surface area (Å²) in [6, 6.07) is 0. The number of carbonyl (C=O) groups is 4. The third-order valence-corrected chi connectivity index (χ3v) is 14.7. The van der Waals surface area contributed by atoms with Crippen LogP contribution in [0.25, 0.3) is 0 Å². The molecule has 0 heterocycles. The molecule has 4 atom stereocenters. The molecule has 0 aliphatic heterocycles. The molecule has 0 aromatic rings. The van der Waals surface area contributed by atoms with Crippen LogP contribution in [0.1, 0.15) is 194 Å². The van der Waals surface area contributed by atoms with Crippen LogP contribution in [-0.2, 0) is 19.2 Å². The van der Waals surface area contributed by atoms with Crippen molar-refractivity contribution in [2.45, 2.75) is 194 Å². The molecule has 4 aliphatic carbocycles. The predicted octanol–water partition coefficient (Wildman–Crippen LogP) is 8.81. The monoisotopic (exact) mass is 825 g/mol. The molecule has 0 radical (unpaired) electrons. The maximum absolute atomic E-state index is 10.8. The van der Waals surface area contributed by atoms with Crippen LogP contribution in [0.5, 0.6) is 0 Å². The van der Waals surface area contributed by atoms with Crippen LogP contribution in [-0.4, -0.2) is 70.5 Å². The first-order chi connectivity index (χ1) is 27.5. The van der Waals surface area contributed by atoms with Crippen molar-refractivity contribution in [3.05, 3.63) is 0 Å². The van der Waals surface area contributed by atoms with E-state index in [1.54, 1.807) is 0 Å². The highest BCUT2D eigenvalue weighted by Gasteiger charge is 2.33. The van der Waals surface area contributed by atoms with Gasteiger partial charge < -0.3 is 43.4 Å². The summed E-state index contributed by atoms with van der Waals surface area (Å²) in [5, 5.41) is 35.5. The number of carboxylic acids is 4. The molecule has 4 saturated carbocycles. The molecule has 0 amide bonds. The van der Waals surface area contributed by atoms with Crippen molar-refractivity contribution in [1.29, 1.82) is 0 Å². The first kappa shape index (κ1) is 53.7. The van der Waals surface area contributed by atoms with Crippen molar-refractivity contribution in [1.82, 2.24) is 0 Å². The topological polar surface area (TPSA) is 253 Å². The molecule has 0 saturated heterocycles. The van der Waals surface area contributed by atoms with Crippen molar-refractivity contribution in [3.63, 3.8) is 0 Å². The van der Waals surface area contributed by atoms with Crippen molar-refractivity contribution >= 4 is 23.9 Å². The van der Waals surface area contributed by atoms with Crippen LogP contribution < -0.4 is 22.9 Å². The molecule has 58 heavy (non-hydrogen) atoms. The van der Waals surface area contributed by atoms with Gasteiger partial charge in [0.1, 0.15) is 0 Å². The lowest BCUT2D eigenvalue weighted by Gasteiger charge is -2.34. The first-order valence-electron chi connectivity index (χ1n) is 23.2. The average molecular weight is 825 g/mol. The molecule has 0 aromatic heterocycles. The highest BCUT2D eigenvalue weighted by molar-refractivity contribution is 5.71. The molecule has 4 unspecified atom stereocenters. The minimum Gasteiger partial charge on any atom is -0.481 e.